The molecule has 0 radical (unpaired) electrons. The third kappa shape index (κ3) is 3.38. The first-order valence-corrected chi connectivity index (χ1v) is 8.89. The molecule has 128 valence electrons. The van der Waals surface area contributed by atoms with Crippen LogP contribution in [0.5, 0.6) is 0 Å². The summed E-state index contributed by atoms with van der Waals surface area (Å²) in [5.41, 5.74) is 5.75. The summed E-state index contributed by atoms with van der Waals surface area (Å²) in [6.45, 7) is 5.99. The first kappa shape index (κ1) is 15.8. The van der Waals surface area contributed by atoms with Gasteiger partial charge in [-0.1, -0.05) is 6.08 Å². The standard InChI is InChI=1S/C21H24N4/c1-14-9-17(10-15(2)24-14)18-11-16-3-6-23-13-20(16)21(12-18)25-19-4-7-22-8-5-19/h3-4,7,9-13,19,22-23,25H,5-6,8H2,1-2H3. The average molecular weight is 332 g/mol. The average Bonchev–Trinajstić information content (AvgIpc) is 2.62. The molecule has 0 spiro atoms. The largest absolute Gasteiger partial charge is 0.391 e. The highest BCUT2D eigenvalue weighted by Crippen LogP contribution is 2.22. The molecule has 3 N–H and O–H groups in total. The Morgan fingerprint density at radius 2 is 1.84 bits per heavy atom. The lowest BCUT2D eigenvalue weighted by Gasteiger charge is -2.22. The second-order valence-corrected chi connectivity index (χ2v) is 6.77. The summed E-state index contributed by atoms with van der Waals surface area (Å²) in [4.78, 5) is 4.51. The Balaban J connectivity index is 1.82. The van der Waals surface area contributed by atoms with Gasteiger partial charge in [0.1, 0.15) is 0 Å². The fraction of sp³-hybridized carbons (Fsp3) is 0.286. The van der Waals surface area contributed by atoms with Crippen LogP contribution in [0.2, 0.25) is 0 Å². The minimum Gasteiger partial charge on any atom is -0.391 e. The van der Waals surface area contributed by atoms with Crippen LogP contribution in [0, 0.1) is 13.8 Å². The van der Waals surface area contributed by atoms with Gasteiger partial charge in [-0.05, 0) is 73.2 Å². The van der Waals surface area contributed by atoms with Crippen LogP contribution in [0.1, 0.15) is 17.8 Å². The lowest BCUT2D eigenvalue weighted by Crippen LogP contribution is -2.37. The van der Waals surface area contributed by atoms with Crippen molar-refractivity contribution in [1.29, 1.82) is 0 Å². The number of nitrogens with zero attached hydrogens (tertiary/aromatic N) is 1. The second-order valence-electron chi connectivity index (χ2n) is 6.77. The number of pyridine rings is 1. The minimum atomic E-state index is 0.358. The van der Waals surface area contributed by atoms with E-state index in [0.29, 0.717) is 6.04 Å². The molecule has 0 bridgehead atoms. The Kier molecular flexibility index (Phi) is 4.18. The Morgan fingerprint density at radius 1 is 1.04 bits per heavy atom. The third-order valence-corrected chi connectivity index (χ3v) is 4.70. The molecule has 25 heavy (non-hydrogen) atoms. The van der Waals surface area contributed by atoms with Crippen molar-refractivity contribution in [3.63, 3.8) is 0 Å². The van der Waals surface area contributed by atoms with Crippen LogP contribution in [0.15, 0.2) is 36.5 Å². The molecule has 0 saturated heterocycles. The molecule has 1 aromatic heterocycles. The quantitative estimate of drug-likeness (QED) is 0.802. The number of nitrogens with one attached hydrogen (secondary N) is 3. The summed E-state index contributed by atoms with van der Waals surface area (Å²) in [7, 11) is 0. The Bertz CT molecular complexity index is 923. The van der Waals surface area contributed by atoms with Crippen LogP contribution in [0.3, 0.4) is 0 Å². The molecule has 0 fully saturated rings. The maximum absolute atomic E-state index is 4.51. The number of aromatic nitrogens is 1. The van der Waals surface area contributed by atoms with Gasteiger partial charge >= 0.3 is 0 Å². The molecule has 1 aromatic carbocycles. The summed E-state index contributed by atoms with van der Waals surface area (Å²) < 4.78 is 0. The highest BCUT2D eigenvalue weighted by molar-refractivity contribution is 5.71. The van der Waals surface area contributed by atoms with Gasteiger partial charge in [-0.3, -0.25) is 4.98 Å². The molecule has 1 atom stereocenters. The van der Waals surface area contributed by atoms with Crippen LogP contribution < -0.4 is 26.4 Å². The van der Waals surface area contributed by atoms with Gasteiger partial charge in [0.15, 0.2) is 0 Å². The predicted molar refractivity (Wildman–Crippen MR) is 105 cm³/mol. The van der Waals surface area contributed by atoms with E-state index in [1.54, 1.807) is 0 Å². The first-order chi connectivity index (χ1) is 12.2. The molecule has 0 aliphatic carbocycles. The molecule has 1 unspecified atom stereocenters. The number of fused-ring (bicyclic) bond motifs is 1. The van der Waals surface area contributed by atoms with Gasteiger partial charge in [0.25, 0.3) is 0 Å². The number of rotatable bonds is 3. The Morgan fingerprint density at radius 3 is 2.60 bits per heavy atom. The van der Waals surface area contributed by atoms with E-state index in [1.807, 2.05) is 6.20 Å². The smallest absolute Gasteiger partial charge is 0.0478 e. The van der Waals surface area contributed by atoms with Crippen molar-refractivity contribution >= 4 is 18.0 Å². The highest BCUT2D eigenvalue weighted by Gasteiger charge is 2.11. The molecule has 2 aromatic rings. The number of aryl methyl sites for hydroxylation is 2. The Labute approximate surface area is 148 Å². The molecule has 2 aliphatic rings. The van der Waals surface area contributed by atoms with Crippen molar-refractivity contribution in [2.45, 2.75) is 26.3 Å². The molecule has 4 rings (SSSR count). The lowest BCUT2D eigenvalue weighted by atomic mass is 10.0. The summed E-state index contributed by atoms with van der Waals surface area (Å²) in [5, 5.41) is 12.8. The van der Waals surface area contributed by atoms with Gasteiger partial charge in [0.2, 0.25) is 0 Å². The molecular formula is C21H24N4. The maximum Gasteiger partial charge on any atom is 0.0478 e. The van der Waals surface area contributed by atoms with Gasteiger partial charge in [-0.15, -0.1) is 0 Å². The molecule has 2 aliphatic heterocycles. The van der Waals surface area contributed by atoms with Gasteiger partial charge in [-0.2, -0.15) is 0 Å². The second kappa shape index (κ2) is 6.63. The van der Waals surface area contributed by atoms with E-state index in [4.69, 9.17) is 0 Å². The van der Waals surface area contributed by atoms with Crippen molar-refractivity contribution in [3.8, 4) is 11.1 Å². The van der Waals surface area contributed by atoms with E-state index >= 15 is 0 Å². The number of benzene rings is 1. The van der Waals surface area contributed by atoms with Gasteiger partial charge in [0, 0.05) is 47.6 Å². The number of anilines is 1. The van der Waals surface area contributed by atoms with E-state index in [-0.39, 0.29) is 0 Å². The zero-order valence-electron chi connectivity index (χ0n) is 14.8. The molecule has 0 amide bonds. The van der Waals surface area contributed by atoms with Crippen molar-refractivity contribution < 1.29 is 0 Å². The van der Waals surface area contributed by atoms with Gasteiger partial charge in [-0.25, -0.2) is 0 Å². The molecule has 0 saturated carbocycles. The molecule has 4 nitrogen and oxygen atoms in total. The lowest BCUT2D eigenvalue weighted by molar-refractivity contribution is 0.675. The zero-order valence-corrected chi connectivity index (χ0v) is 14.8. The van der Waals surface area contributed by atoms with Crippen LogP contribution in [-0.4, -0.2) is 24.1 Å². The van der Waals surface area contributed by atoms with Crippen molar-refractivity contribution in [2.24, 2.45) is 0 Å². The normalized spacial score (nSPS) is 18.2. The predicted octanol–water partition coefficient (Wildman–Crippen LogP) is 1.77. The van der Waals surface area contributed by atoms with Crippen LogP contribution in [0.4, 0.5) is 5.69 Å². The Hall–Kier alpha value is -2.75. The van der Waals surface area contributed by atoms with Gasteiger partial charge < -0.3 is 16.0 Å². The van der Waals surface area contributed by atoms with E-state index in [9.17, 15) is 0 Å². The summed E-state index contributed by atoms with van der Waals surface area (Å²) in [6, 6.07) is 9.23. The summed E-state index contributed by atoms with van der Waals surface area (Å²) in [6.07, 6.45) is 9.70. The van der Waals surface area contributed by atoms with Crippen molar-refractivity contribution in [2.75, 3.05) is 18.4 Å². The molecular weight excluding hydrogens is 308 g/mol. The zero-order chi connectivity index (χ0) is 17.2. The van der Waals surface area contributed by atoms with Gasteiger partial charge in [0.05, 0.1) is 0 Å². The minimum absolute atomic E-state index is 0.358. The third-order valence-electron chi connectivity index (χ3n) is 4.70. The topological polar surface area (TPSA) is 49.0 Å². The number of hydrogen-bond donors (Lipinski definition) is 3. The number of hydrogen-bond acceptors (Lipinski definition) is 4. The van der Waals surface area contributed by atoms with Crippen LogP contribution in [-0.2, 0) is 0 Å². The van der Waals surface area contributed by atoms with E-state index in [0.717, 1.165) is 30.9 Å². The monoisotopic (exact) mass is 332 g/mol. The summed E-state index contributed by atoms with van der Waals surface area (Å²) >= 11 is 0. The molecule has 4 heteroatoms. The first-order valence-electron chi connectivity index (χ1n) is 8.89. The molecule has 3 heterocycles. The maximum atomic E-state index is 4.51. The van der Waals surface area contributed by atoms with E-state index in [1.165, 1.54) is 27.3 Å². The highest BCUT2D eigenvalue weighted by atomic mass is 15.0. The SMILES string of the molecule is Cc1cc(-c2cc(NC3C=CNCC3)c3c(c2)=CCNC=3)cc(C)n1. The van der Waals surface area contributed by atoms with Crippen LogP contribution >= 0.6 is 0 Å². The van der Waals surface area contributed by atoms with Crippen molar-refractivity contribution in [3.05, 3.63) is 58.4 Å². The fourth-order valence-corrected chi connectivity index (χ4v) is 3.55. The van der Waals surface area contributed by atoms with E-state index in [2.05, 4.69) is 77.4 Å². The summed E-state index contributed by atoms with van der Waals surface area (Å²) in [5.74, 6) is 0. The fourth-order valence-electron chi connectivity index (χ4n) is 3.55. The van der Waals surface area contributed by atoms with Crippen LogP contribution in [0.25, 0.3) is 23.4 Å². The van der Waals surface area contributed by atoms with Crippen molar-refractivity contribution in [1.82, 2.24) is 15.6 Å². The van der Waals surface area contributed by atoms with E-state index < -0.39 is 0 Å².